The quantitative estimate of drug-likeness (QED) is 0.723. The van der Waals surface area contributed by atoms with Gasteiger partial charge < -0.3 is 15.5 Å². The molecule has 1 aromatic carbocycles. The third-order valence-corrected chi connectivity index (χ3v) is 2.26. The molecule has 0 atom stereocenters. The van der Waals surface area contributed by atoms with E-state index in [1.54, 1.807) is 6.92 Å². The molecule has 1 aromatic heterocycles. The standard InChI is InChI=1S/C11H12N2O2/c1-2-15-11(14)9-7-5-3-4-6-8(7)13-10(9)12/h3-6,13H,2,12H2,1H3/p+1. The van der Waals surface area contributed by atoms with Crippen LogP contribution in [0, 0.1) is 0 Å². The lowest BCUT2D eigenvalue weighted by molar-refractivity contribution is -0.260. The number of hydrogen-bond donors (Lipinski definition) is 2. The largest absolute Gasteiger partial charge is 0.462 e. The minimum Gasteiger partial charge on any atom is -0.462 e. The average molecular weight is 205 g/mol. The van der Waals surface area contributed by atoms with Gasteiger partial charge in [0.05, 0.1) is 12.1 Å². The van der Waals surface area contributed by atoms with E-state index in [-0.39, 0.29) is 5.97 Å². The smallest absolute Gasteiger partial charge is 0.346 e. The topological polar surface area (TPSA) is 69.7 Å². The molecule has 0 saturated carbocycles. The van der Waals surface area contributed by atoms with E-state index in [1.165, 1.54) is 0 Å². The number of aromatic amines is 1. The molecule has 0 saturated heterocycles. The molecular formula is C11H13N2O2+. The number of ether oxygens (including phenoxy) is 1. The Morgan fingerprint density at radius 1 is 1.47 bits per heavy atom. The summed E-state index contributed by atoms with van der Waals surface area (Å²) in [5.74, 6) is 0.287. The maximum Gasteiger partial charge on any atom is 0.346 e. The zero-order valence-corrected chi connectivity index (χ0v) is 8.54. The van der Waals surface area contributed by atoms with Crippen molar-refractivity contribution in [1.82, 2.24) is 4.98 Å². The molecule has 0 spiro atoms. The Kier molecular flexibility index (Phi) is 2.43. The van der Waals surface area contributed by atoms with Gasteiger partial charge in [-0.3, -0.25) is 0 Å². The molecule has 0 unspecified atom stereocenters. The summed E-state index contributed by atoms with van der Waals surface area (Å²) in [6, 6.07) is 7.59. The second-order valence-corrected chi connectivity index (χ2v) is 3.24. The van der Waals surface area contributed by atoms with Crippen LogP contribution in [0.5, 0.6) is 0 Å². The van der Waals surface area contributed by atoms with Gasteiger partial charge in [0.2, 0.25) is 5.82 Å². The summed E-state index contributed by atoms with van der Waals surface area (Å²) >= 11 is 0. The molecule has 0 aliphatic heterocycles. The zero-order valence-electron chi connectivity index (χ0n) is 8.54. The summed E-state index contributed by atoms with van der Waals surface area (Å²) in [6.45, 7) is 2.16. The van der Waals surface area contributed by atoms with Gasteiger partial charge in [0.1, 0.15) is 5.56 Å². The van der Waals surface area contributed by atoms with Crippen molar-refractivity contribution in [2.24, 2.45) is 0 Å². The fourth-order valence-electron chi connectivity index (χ4n) is 1.63. The van der Waals surface area contributed by atoms with Crippen LogP contribution >= 0.6 is 0 Å². The number of fused-ring (bicyclic) bond motifs is 1. The number of H-pyrrole nitrogens is 1. The van der Waals surface area contributed by atoms with E-state index in [2.05, 4.69) is 10.7 Å². The van der Waals surface area contributed by atoms with E-state index in [9.17, 15) is 4.79 Å². The molecule has 1 heterocycles. The summed E-state index contributed by atoms with van der Waals surface area (Å²) in [5, 5.41) is 0.862. The fourth-order valence-corrected chi connectivity index (χ4v) is 1.63. The van der Waals surface area contributed by atoms with Crippen LogP contribution in [-0.4, -0.2) is 17.6 Å². The Bertz CT molecular complexity index is 502. The number of nitrogens with one attached hydrogen (secondary N) is 1. The number of carbonyl (C=O) groups excluding carboxylic acids is 1. The molecule has 0 bridgehead atoms. The molecule has 0 fully saturated rings. The van der Waals surface area contributed by atoms with Crippen LogP contribution in [0.2, 0.25) is 0 Å². The molecule has 15 heavy (non-hydrogen) atoms. The second-order valence-electron chi connectivity index (χ2n) is 3.24. The second kappa shape index (κ2) is 3.74. The maximum atomic E-state index is 11.7. The van der Waals surface area contributed by atoms with Gasteiger partial charge in [-0.2, -0.15) is 0 Å². The number of hydrogen-bond acceptors (Lipinski definition) is 2. The van der Waals surface area contributed by atoms with Crippen molar-refractivity contribution in [1.29, 1.82) is 0 Å². The predicted molar refractivity (Wildman–Crippen MR) is 56.8 cm³/mol. The van der Waals surface area contributed by atoms with Gasteiger partial charge in [-0.15, -0.1) is 0 Å². The average Bonchev–Trinajstić information content (AvgIpc) is 2.54. The van der Waals surface area contributed by atoms with Gasteiger partial charge in [-0.05, 0) is 13.0 Å². The highest BCUT2D eigenvalue weighted by molar-refractivity contribution is 6.07. The third kappa shape index (κ3) is 1.59. The SMILES string of the molecule is CCOC(=O)c1c([NH3+])[nH]c2ccccc12. The molecule has 0 radical (unpaired) electrons. The van der Waals surface area contributed by atoms with Gasteiger partial charge >= 0.3 is 5.97 Å². The van der Waals surface area contributed by atoms with Crippen molar-refractivity contribution in [3.05, 3.63) is 29.8 Å². The number of rotatable bonds is 2. The molecule has 0 aliphatic rings. The van der Waals surface area contributed by atoms with E-state index < -0.39 is 0 Å². The number of aromatic nitrogens is 1. The zero-order chi connectivity index (χ0) is 10.8. The van der Waals surface area contributed by atoms with Crippen LogP contribution in [0.15, 0.2) is 24.3 Å². The van der Waals surface area contributed by atoms with Crippen molar-refractivity contribution in [3.8, 4) is 0 Å². The van der Waals surface area contributed by atoms with Crippen LogP contribution in [0.25, 0.3) is 10.9 Å². The number of esters is 1. The fraction of sp³-hybridized carbons (Fsp3) is 0.182. The monoisotopic (exact) mass is 205 g/mol. The number of quaternary nitrogens is 1. The number of benzene rings is 1. The molecule has 0 amide bonds. The van der Waals surface area contributed by atoms with Crippen molar-refractivity contribution in [2.45, 2.75) is 6.92 Å². The molecular weight excluding hydrogens is 192 g/mol. The first kappa shape index (κ1) is 9.73. The van der Waals surface area contributed by atoms with Gasteiger partial charge in [-0.25, -0.2) is 4.79 Å². The van der Waals surface area contributed by atoms with Crippen molar-refractivity contribution < 1.29 is 15.3 Å². The molecule has 4 nitrogen and oxygen atoms in total. The molecule has 78 valence electrons. The summed E-state index contributed by atoms with van der Waals surface area (Å²) in [7, 11) is 0. The normalized spacial score (nSPS) is 10.5. The van der Waals surface area contributed by atoms with E-state index in [0.717, 1.165) is 10.9 Å². The Labute approximate surface area is 87.0 Å². The highest BCUT2D eigenvalue weighted by atomic mass is 16.5. The van der Waals surface area contributed by atoms with Gasteiger partial charge in [0.25, 0.3) is 0 Å². The van der Waals surface area contributed by atoms with E-state index in [0.29, 0.717) is 18.0 Å². The van der Waals surface area contributed by atoms with E-state index in [4.69, 9.17) is 4.74 Å². The van der Waals surface area contributed by atoms with Gasteiger partial charge in [0, 0.05) is 5.39 Å². The first-order chi connectivity index (χ1) is 7.24. The first-order valence-corrected chi connectivity index (χ1v) is 4.83. The number of para-hydroxylation sites is 1. The highest BCUT2D eigenvalue weighted by Gasteiger charge is 2.19. The Morgan fingerprint density at radius 3 is 2.93 bits per heavy atom. The van der Waals surface area contributed by atoms with E-state index >= 15 is 0 Å². The lowest BCUT2D eigenvalue weighted by Gasteiger charge is -1.98. The number of carbonyl (C=O) groups is 1. The van der Waals surface area contributed by atoms with Crippen molar-refractivity contribution in [3.63, 3.8) is 0 Å². The summed E-state index contributed by atoms with van der Waals surface area (Å²) in [5.41, 5.74) is 5.25. The Hall–Kier alpha value is -1.81. The minimum absolute atomic E-state index is 0.319. The summed E-state index contributed by atoms with van der Waals surface area (Å²) in [4.78, 5) is 14.7. The lowest BCUT2D eigenvalue weighted by Crippen LogP contribution is -2.42. The predicted octanol–water partition coefficient (Wildman–Crippen LogP) is 1.22. The minimum atomic E-state index is -0.319. The van der Waals surface area contributed by atoms with Gasteiger partial charge in [0.15, 0.2) is 0 Å². The molecule has 4 heteroatoms. The molecule has 4 N–H and O–H groups in total. The highest BCUT2D eigenvalue weighted by Crippen LogP contribution is 2.23. The Morgan fingerprint density at radius 2 is 2.20 bits per heavy atom. The van der Waals surface area contributed by atoms with Crippen LogP contribution in [0.1, 0.15) is 17.3 Å². The van der Waals surface area contributed by atoms with Crippen LogP contribution in [-0.2, 0) is 4.74 Å². The van der Waals surface area contributed by atoms with E-state index in [1.807, 2.05) is 24.3 Å². The van der Waals surface area contributed by atoms with Crippen LogP contribution < -0.4 is 5.73 Å². The summed E-state index contributed by atoms with van der Waals surface area (Å²) < 4.78 is 4.98. The first-order valence-electron chi connectivity index (χ1n) is 4.83. The maximum absolute atomic E-state index is 11.7. The lowest BCUT2D eigenvalue weighted by atomic mass is 10.1. The van der Waals surface area contributed by atoms with Crippen molar-refractivity contribution in [2.75, 3.05) is 6.61 Å². The summed E-state index contributed by atoms with van der Waals surface area (Å²) in [6.07, 6.45) is 0. The Balaban J connectivity index is 2.58. The third-order valence-electron chi connectivity index (χ3n) is 2.26. The molecule has 0 aliphatic carbocycles. The molecule has 2 aromatic rings. The molecule has 2 rings (SSSR count). The van der Waals surface area contributed by atoms with Crippen LogP contribution in [0.4, 0.5) is 5.82 Å². The van der Waals surface area contributed by atoms with Crippen LogP contribution in [0.3, 0.4) is 0 Å². The van der Waals surface area contributed by atoms with Crippen molar-refractivity contribution >= 4 is 22.7 Å². The van der Waals surface area contributed by atoms with Gasteiger partial charge in [-0.1, -0.05) is 18.2 Å².